The zero-order chi connectivity index (χ0) is 15.9. The van der Waals surface area contributed by atoms with Crippen molar-refractivity contribution < 1.29 is 18.3 Å². The molecule has 1 fully saturated rings. The van der Waals surface area contributed by atoms with Crippen molar-refractivity contribution >= 4 is 11.7 Å². The van der Waals surface area contributed by atoms with Gasteiger partial charge in [0.05, 0.1) is 12.2 Å². The molecule has 1 aromatic rings. The normalized spacial score (nSPS) is 15.1. The van der Waals surface area contributed by atoms with Gasteiger partial charge in [0.15, 0.2) is 0 Å². The molecule has 1 aliphatic rings. The maximum atomic E-state index is 13.1. The van der Waals surface area contributed by atoms with Crippen molar-refractivity contribution in [1.29, 1.82) is 0 Å². The number of rotatable bonds is 7. The van der Waals surface area contributed by atoms with Crippen LogP contribution in [0.3, 0.4) is 0 Å². The smallest absolute Gasteiger partial charge is 0.321 e. The molecule has 1 N–H and O–H groups in total. The van der Waals surface area contributed by atoms with Crippen LogP contribution in [0.5, 0.6) is 5.75 Å². The van der Waals surface area contributed by atoms with Gasteiger partial charge in [-0.05, 0) is 25.0 Å². The molecule has 1 saturated heterocycles. The second-order valence-corrected chi connectivity index (χ2v) is 5.32. The Morgan fingerprint density at radius 3 is 2.86 bits per heavy atom. The molecule has 0 radical (unpaired) electrons. The zero-order valence-corrected chi connectivity index (χ0v) is 12.8. The third-order valence-corrected chi connectivity index (χ3v) is 3.63. The second kappa shape index (κ2) is 7.96. The average Bonchev–Trinajstić information content (AvgIpc) is 2.51. The second-order valence-electron chi connectivity index (χ2n) is 5.32. The maximum absolute atomic E-state index is 13.1. The van der Waals surface area contributed by atoms with E-state index in [4.69, 9.17) is 4.74 Å². The summed E-state index contributed by atoms with van der Waals surface area (Å²) >= 11 is 0. The van der Waals surface area contributed by atoms with Crippen LogP contribution in [0.4, 0.5) is 19.3 Å². The van der Waals surface area contributed by atoms with Crippen LogP contribution in [0.1, 0.15) is 44.6 Å². The summed E-state index contributed by atoms with van der Waals surface area (Å²) in [5, 5.41) is 2.75. The van der Waals surface area contributed by atoms with Crippen LogP contribution in [0.2, 0.25) is 0 Å². The number of carbonyl (C=O) groups excluding carboxylic acids is 1. The number of unbranched alkanes of at least 4 members (excludes halogenated alkanes) is 2. The quantitative estimate of drug-likeness (QED) is 0.770. The number of carbonyl (C=O) groups is 1. The van der Waals surface area contributed by atoms with E-state index in [1.807, 2.05) is 0 Å². The van der Waals surface area contributed by atoms with Crippen LogP contribution in [0.15, 0.2) is 18.2 Å². The van der Waals surface area contributed by atoms with Crippen molar-refractivity contribution in [1.82, 2.24) is 5.32 Å². The van der Waals surface area contributed by atoms with E-state index >= 15 is 0 Å². The van der Waals surface area contributed by atoms with Gasteiger partial charge >= 0.3 is 6.03 Å². The van der Waals surface area contributed by atoms with E-state index < -0.39 is 6.43 Å². The van der Waals surface area contributed by atoms with Gasteiger partial charge in [-0.2, -0.15) is 0 Å². The molecule has 0 saturated carbocycles. The fraction of sp³-hybridized carbons (Fsp3) is 0.562. The number of nitrogens with zero attached hydrogens (tertiary/aromatic N) is 1. The molecule has 1 aromatic carbocycles. The van der Waals surface area contributed by atoms with Gasteiger partial charge in [0.1, 0.15) is 5.75 Å². The number of anilines is 1. The van der Waals surface area contributed by atoms with Crippen molar-refractivity contribution in [3.8, 4) is 5.75 Å². The van der Waals surface area contributed by atoms with Crippen LogP contribution in [0, 0.1) is 0 Å². The molecule has 0 aromatic heterocycles. The minimum absolute atomic E-state index is 0.127. The van der Waals surface area contributed by atoms with E-state index in [1.165, 1.54) is 6.07 Å². The molecule has 2 rings (SSSR count). The Bertz CT molecular complexity index is 509. The SMILES string of the molecule is CCCCCOc1cc(N2CCCNC2=O)ccc1C(F)F. The predicted octanol–water partition coefficient (Wildman–Crippen LogP) is 4.11. The lowest BCUT2D eigenvalue weighted by Gasteiger charge is -2.28. The highest BCUT2D eigenvalue weighted by Crippen LogP contribution is 2.33. The van der Waals surface area contributed by atoms with E-state index in [-0.39, 0.29) is 17.3 Å². The molecule has 122 valence electrons. The molecule has 6 heteroatoms. The van der Waals surface area contributed by atoms with Crippen LogP contribution >= 0.6 is 0 Å². The summed E-state index contributed by atoms with van der Waals surface area (Å²) in [5.74, 6) is 0.168. The summed E-state index contributed by atoms with van der Waals surface area (Å²) in [5.41, 5.74) is 0.463. The summed E-state index contributed by atoms with van der Waals surface area (Å²) in [6, 6.07) is 4.23. The average molecular weight is 312 g/mol. The van der Waals surface area contributed by atoms with Crippen molar-refractivity contribution in [2.24, 2.45) is 0 Å². The van der Waals surface area contributed by atoms with Crippen LogP contribution in [-0.4, -0.2) is 25.7 Å². The minimum atomic E-state index is -2.59. The molecule has 0 spiro atoms. The molecule has 2 amide bonds. The fourth-order valence-electron chi connectivity index (χ4n) is 2.41. The molecule has 1 heterocycles. The largest absolute Gasteiger partial charge is 0.493 e. The van der Waals surface area contributed by atoms with Gasteiger partial charge in [-0.15, -0.1) is 0 Å². The first-order valence-corrected chi connectivity index (χ1v) is 7.73. The summed E-state index contributed by atoms with van der Waals surface area (Å²) in [6.45, 7) is 3.70. The number of hydrogen-bond acceptors (Lipinski definition) is 2. The molecular formula is C16H22F2N2O2. The highest BCUT2D eigenvalue weighted by atomic mass is 19.3. The summed E-state index contributed by atoms with van der Waals surface area (Å²) in [7, 11) is 0. The van der Waals surface area contributed by atoms with Gasteiger partial charge in [0.2, 0.25) is 0 Å². The zero-order valence-electron chi connectivity index (χ0n) is 12.8. The summed E-state index contributed by atoms with van der Waals surface area (Å²) in [4.78, 5) is 13.4. The van der Waals surface area contributed by atoms with E-state index in [2.05, 4.69) is 12.2 Å². The van der Waals surface area contributed by atoms with Crippen LogP contribution in [0.25, 0.3) is 0 Å². The number of hydrogen-bond donors (Lipinski definition) is 1. The molecular weight excluding hydrogens is 290 g/mol. The Morgan fingerprint density at radius 2 is 2.18 bits per heavy atom. The first-order valence-electron chi connectivity index (χ1n) is 7.73. The van der Waals surface area contributed by atoms with Crippen LogP contribution < -0.4 is 15.0 Å². The molecule has 0 unspecified atom stereocenters. The van der Waals surface area contributed by atoms with Gasteiger partial charge in [-0.3, -0.25) is 4.90 Å². The van der Waals surface area contributed by atoms with E-state index in [0.29, 0.717) is 25.4 Å². The van der Waals surface area contributed by atoms with Crippen LogP contribution in [-0.2, 0) is 0 Å². The highest BCUT2D eigenvalue weighted by Gasteiger charge is 2.22. The lowest BCUT2D eigenvalue weighted by atomic mass is 10.1. The number of ether oxygens (including phenoxy) is 1. The Balaban J connectivity index is 2.16. The lowest BCUT2D eigenvalue weighted by Crippen LogP contribution is -2.46. The van der Waals surface area contributed by atoms with Gasteiger partial charge in [0, 0.05) is 24.8 Å². The van der Waals surface area contributed by atoms with Crippen molar-refractivity contribution in [2.45, 2.75) is 39.0 Å². The molecule has 4 nitrogen and oxygen atoms in total. The third kappa shape index (κ3) is 4.08. The standard InChI is InChI=1S/C16H22F2N2O2/c1-2-3-4-10-22-14-11-12(6-7-13(14)15(17)18)20-9-5-8-19-16(20)21/h6-7,11,15H,2-5,8-10H2,1H3,(H,19,21). The van der Waals surface area contributed by atoms with Crippen molar-refractivity contribution in [2.75, 3.05) is 24.6 Å². The van der Waals surface area contributed by atoms with E-state index in [0.717, 1.165) is 25.7 Å². The minimum Gasteiger partial charge on any atom is -0.493 e. The molecule has 0 aliphatic carbocycles. The predicted molar refractivity (Wildman–Crippen MR) is 81.8 cm³/mol. The summed E-state index contributed by atoms with van der Waals surface area (Å²) in [6.07, 6.45) is 1.10. The Hall–Kier alpha value is -1.85. The van der Waals surface area contributed by atoms with Gasteiger partial charge in [-0.1, -0.05) is 19.8 Å². The third-order valence-electron chi connectivity index (χ3n) is 3.63. The number of urea groups is 1. The molecule has 1 aliphatic heterocycles. The van der Waals surface area contributed by atoms with Gasteiger partial charge in [0.25, 0.3) is 6.43 Å². The first-order chi connectivity index (χ1) is 10.6. The lowest BCUT2D eigenvalue weighted by molar-refractivity contribution is 0.145. The summed E-state index contributed by atoms with van der Waals surface area (Å²) < 4.78 is 31.7. The fourth-order valence-corrected chi connectivity index (χ4v) is 2.41. The molecule has 0 bridgehead atoms. The Kier molecular flexibility index (Phi) is 5.98. The topological polar surface area (TPSA) is 41.6 Å². The van der Waals surface area contributed by atoms with E-state index in [1.54, 1.807) is 17.0 Å². The van der Waals surface area contributed by atoms with E-state index in [9.17, 15) is 13.6 Å². The highest BCUT2D eigenvalue weighted by molar-refractivity contribution is 5.92. The number of benzene rings is 1. The number of nitrogens with one attached hydrogen (secondary N) is 1. The first kappa shape index (κ1) is 16.5. The maximum Gasteiger partial charge on any atom is 0.321 e. The number of halogens is 2. The number of alkyl halides is 2. The molecule has 0 atom stereocenters. The molecule has 22 heavy (non-hydrogen) atoms. The van der Waals surface area contributed by atoms with Crippen molar-refractivity contribution in [3.05, 3.63) is 23.8 Å². The monoisotopic (exact) mass is 312 g/mol. The Labute approximate surface area is 129 Å². The number of amides is 2. The van der Waals surface area contributed by atoms with Gasteiger partial charge in [-0.25, -0.2) is 13.6 Å². The Morgan fingerprint density at radius 1 is 1.36 bits per heavy atom. The van der Waals surface area contributed by atoms with Gasteiger partial charge < -0.3 is 10.1 Å². The van der Waals surface area contributed by atoms with Crippen molar-refractivity contribution in [3.63, 3.8) is 0 Å².